The van der Waals surface area contributed by atoms with Gasteiger partial charge in [0.25, 0.3) is 0 Å². The Labute approximate surface area is 192 Å². The molecule has 0 unspecified atom stereocenters. The van der Waals surface area contributed by atoms with Crippen molar-refractivity contribution in [2.24, 2.45) is 0 Å². The van der Waals surface area contributed by atoms with E-state index in [-0.39, 0.29) is 17.3 Å². The summed E-state index contributed by atoms with van der Waals surface area (Å²) in [5, 5.41) is 14.3. The molecule has 172 valence electrons. The van der Waals surface area contributed by atoms with E-state index in [0.29, 0.717) is 37.0 Å². The van der Waals surface area contributed by atoms with E-state index in [1.807, 2.05) is 19.1 Å². The molecule has 0 saturated carbocycles. The van der Waals surface area contributed by atoms with Gasteiger partial charge in [-0.3, -0.25) is 4.79 Å². The van der Waals surface area contributed by atoms with Crippen molar-refractivity contribution in [1.82, 2.24) is 19.9 Å². The molecule has 1 aromatic carbocycles. The third-order valence-electron chi connectivity index (χ3n) is 5.20. The number of pyridine rings is 1. The summed E-state index contributed by atoms with van der Waals surface area (Å²) in [5.41, 5.74) is 2.72. The highest BCUT2D eigenvalue weighted by atomic mass is 32.2. The van der Waals surface area contributed by atoms with Crippen LogP contribution in [0.25, 0.3) is 0 Å². The number of sulfonamides is 1. The maximum Gasteiger partial charge on any atom is 0.240 e. The number of aromatic nitrogens is 3. The minimum Gasteiger partial charge on any atom is -0.367 e. The summed E-state index contributed by atoms with van der Waals surface area (Å²) in [6.07, 6.45) is 2.36. The number of aryl methyl sites for hydroxylation is 1. The monoisotopic (exact) mass is 467 g/mol. The summed E-state index contributed by atoms with van der Waals surface area (Å²) >= 11 is 0. The van der Waals surface area contributed by atoms with Gasteiger partial charge in [0.1, 0.15) is 11.6 Å². The van der Waals surface area contributed by atoms with Crippen LogP contribution in [0.1, 0.15) is 18.1 Å². The van der Waals surface area contributed by atoms with E-state index in [1.165, 1.54) is 13.0 Å². The van der Waals surface area contributed by atoms with Gasteiger partial charge in [0.05, 0.1) is 4.90 Å². The number of fused-ring (bicyclic) bond motifs is 1. The molecule has 3 heterocycles. The van der Waals surface area contributed by atoms with Gasteiger partial charge in [-0.1, -0.05) is 0 Å². The summed E-state index contributed by atoms with van der Waals surface area (Å²) < 4.78 is 27.9. The van der Waals surface area contributed by atoms with Gasteiger partial charge < -0.3 is 15.5 Å². The molecule has 0 atom stereocenters. The summed E-state index contributed by atoms with van der Waals surface area (Å²) in [7, 11) is -3.67. The highest BCUT2D eigenvalue weighted by Gasteiger charge is 2.24. The molecule has 0 spiro atoms. The fourth-order valence-electron chi connectivity index (χ4n) is 3.56. The molecule has 3 N–H and O–H groups in total. The number of amides is 1. The lowest BCUT2D eigenvalue weighted by atomic mass is 10.2. The van der Waals surface area contributed by atoms with Crippen LogP contribution in [-0.4, -0.2) is 49.1 Å². The highest BCUT2D eigenvalue weighted by Crippen LogP contribution is 2.30. The highest BCUT2D eigenvalue weighted by molar-refractivity contribution is 7.89. The van der Waals surface area contributed by atoms with Crippen molar-refractivity contribution in [3.8, 4) is 0 Å². The minimum absolute atomic E-state index is 0.0488. The largest absolute Gasteiger partial charge is 0.367 e. The van der Waals surface area contributed by atoms with Crippen LogP contribution >= 0.6 is 0 Å². The third kappa shape index (κ3) is 5.44. The van der Waals surface area contributed by atoms with Crippen LogP contribution in [0.3, 0.4) is 0 Å². The first-order valence-electron chi connectivity index (χ1n) is 10.5. The maximum absolute atomic E-state index is 12.6. The van der Waals surface area contributed by atoms with E-state index in [2.05, 4.69) is 30.5 Å². The van der Waals surface area contributed by atoms with Gasteiger partial charge >= 0.3 is 0 Å². The zero-order valence-corrected chi connectivity index (χ0v) is 19.2. The molecular formula is C22H25N7O3S. The van der Waals surface area contributed by atoms with Crippen molar-refractivity contribution in [2.45, 2.75) is 25.2 Å². The first-order chi connectivity index (χ1) is 15.8. The Morgan fingerprint density at radius 1 is 1.03 bits per heavy atom. The quantitative estimate of drug-likeness (QED) is 0.430. The topological polar surface area (TPSA) is 129 Å². The van der Waals surface area contributed by atoms with Gasteiger partial charge in [-0.15, -0.1) is 10.2 Å². The number of benzene rings is 1. The second-order valence-corrected chi connectivity index (χ2v) is 9.45. The predicted molar refractivity (Wildman–Crippen MR) is 126 cm³/mol. The second-order valence-electron chi connectivity index (χ2n) is 7.68. The van der Waals surface area contributed by atoms with E-state index in [4.69, 9.17) is 0 Å². The summed E-state index contributed by atoms with van der Waals surface area (Å²) in [6.45, 7) is 4.57. The molecule has 0 bridgehead atoms. The number of hydrogen-bond donors (Lipinski definition) is 3. The van der Waals surface area contributed by atoms with Crippen LogP contribution in [0.4, 0.5) is 23.1 Å². The van der Waals surface area contributed by atoms with E-state index in [9.17, 15) is 13.2 Å². The molecule has 0 aliphatic carbocycles. The lowest BCUT2D eigenvalue weighted by Crippen LogP contribution is -2.29. The summed E-state index contributed by atoms with van der Waals surface area (Å²) in [6, 6.07) is 12.2. The molecule has 1 amide bonds. The van der Waals surface area contributed by atoms with Crippen LogP contribution in [0.5, 0.6) is 0 Å². The average molecular weight is 468 g/mol. The van der Waals surface area contributed by atoms with Crippen molar-refractivity contribution in [3.63, 3.8) is 0 Å². The summed E-state index contributed by atoms with van der Waals surface area (Å²) in [4.78, 5) is 17.7. The SMILES string of the molecule is CC(=O)N1CCc2cc(S(=O)(=O)NCCNc3ccc(Nc4cc(C)ccn4)nn3)ccc21. The van der Waals surface area contributed by atoms with E-state index in [0.717, 1.165) is 16.8 Å². The Kier molecular flexibility index (Phi) is 6.52. The van der Waals surface area contributed by atoms with E-state index < -0.39 is 10.0 Å². The van der Waals surface area contributed by atoms with Crippen LogP contribution < -0.4 is 20.3 Å². The zero-order valence-electron chi connectivity index (χ0n) is 18.4. The summed E-state index contributed by atoms with van der Waals surface area (Å²) in [5.74, 6) is 1.71. The van der Waals surface area contributed by atoms with Crippen LogP contribution in [-0.2, 0) is 21.2 Å². The van der Waals surface area contributed by atoms with Crippen LogP contribution in [0.2, 0.25) is 0 Å². The molecule has 1 aliphatic rings. The number of anilines is 4. The standard InChI is InChI=1S/C22H25N7O3S/c1-15-7-9-23-22(13-15)26-21-6-5-20(27-28-21)24-10-11-25-33(31,32)18-3-4-19-17(14-18)8-12-29(19)16(2)30/h3-7,9,13-14,25H,8,10-12H2,1-2H3,(H,24,27)(H,23,26,28). The Balaban J connectivity index is 1.28. The molecule has 0 fully saturated rings. The molecule has 0 radical (unpaired) electrons. The number of nitrogens with zero attached hydrogens (tertiary/aromatic N) is 4. The van der Waals surface area contributed by atoms with Gasteiger partial charge in [0.2, 0.25) is 15.9 Å². The minimum atomic E-state index is -3.67. The van der Waals surface area contributed by atoms with Crippen LogP contribution in [0.15, 0.2) is 53.6 Å². The second kappa shape index (κ2) is 9.51. The molecule has 2 aromatic heterocycles. The van der Waals surface area contributed by atoms with E-state index in [1.54, 1.807) is 35.4 Å². The van der Waals surface area contributed by atoms with Gasteiger partial charge in [-0.25, -0.2) is 18.1 Å². The molecule has 1 aliphatic heterocycles. The molecule has 0 saturated heterocycles. The number of carbonyl (C=O) groups excluding carboxylic acids is 1. The smallest absolute Gasteiger partial charge is 0.240 e. The van der Waals surface area contributed by atoms with Crippen molar-refractivity contribution >= 4 is 39.1 Å². The number of carbonyl (C=O) groups is 1. The van der Waals surface area contributed by atoms with Crippen molar-refractivity contribution < 1.29 is 13.2 Å². The molecule has 10 nitrogen and oxygen atoms in total. The number of hydrogen-bond acceptors (Lipinski definition) is 8. The van der Waals surface area contributed by atoms with Crippen LogP contribution in [0, 0.1) is 6.92 Å². The molecule has 3 aromatic rings. The van der Waals surface area contributed by atoms with Crippen molar-refractivity contribution in [1.29, 1.82) is 0 Å². The first kappa shape index (κ1) is 22.6. The van der Waals surface area contributed by atoms with Gasteiger partial charge in [0, 0.05) is 38.4 Å². The molecular weight excluding hydrogens is 442 g/mol. The lowest BCUT2D eigenvalue weighted by molar-refractivity contribution is -0.116. The molecule has 33 heavy (non-hydrogen) atoms. The Morgan fingerprint density at radius 2 is 1.82 bits per heavy atom. The lowest BCUT2D eigenvalue weighted by Gasteiger charge is -2.15. The fourth-order valence-corrected chi connectivity index (χ4v) is 4.64. The number of rotatable bonds is 8. The average Bonchev–Trinajstić information content (AvgIpc) is 3.22. The van der Waals surface area contributed by atoms with Gasteiger partial charge in [-0.2, -0.15) is 0 Å². The Bertz CT molecular complexity index is 1260. The zero-order chi connectivity index (χ0) is 23.4. The fraction of sp³-hybridized carbons (Fsp3) is 0.273. The predicted octanol–water partition coefficient (Wildman–Crippen LogP) is 2.22. The normalized spacial score (nSPS) is 13.0. The van der Waals surface area contributed by atoms with Crippen molar-refractivity contribution in [3.05, 3.63) is 59.8 Å². The maximum atomic E-state index is 12.6. The first-order valence-corrected chi connectivity index (χ1v) is 12.0. The van der Waals surface area contributed by atoms with Crippen molar-refractivity contribution in [2.75, 3.05) is 35.2 Å². The number of nitrogens with one attached hydrogen (secondary N) is 3. The molecule has 11 heteroatoms. The third-order valence-corrected chi connectivity index (χ3v) is 6.65. The van der Waals surface area contributed by atoms with E-state index >= 15 is 0 Å². The van der Waals surface area contributed by atoms with Gasteiger partial charge in [0.15, 0.2) is 5.82 Å². The molecule has 4 rings (SSSR count). The Hall–Kier alpha value is -3.57. The Morgan fingerprint density at radius 3 is 2.55 bits per heavy atom. The van der Waals surface area contributed by atoms with Gasteiger partial charge in [-0.05, 0) is 66.9 Å².